The summed E-state index contributed by atoms with van der Waals surface area (Å²) in [5, 5.41) is 5.87. The van der Waals surface area contributed by atoms with Crippen LogP contribution in [0.25, 0.3) is 0 Å². The number of nitrogens with one attached hydrogen (secondary N) is 1. The zero-order valence-electron chi connectivity index (χ0n) is 13.6. The number of hydrogen-bond acceptors (Lipinski definition) is 6. The lowest BCUT2D eigenvalue weighted by atomic mass is 10.2. The van der Waals surface area contributed by atoms with Crippen molar-refractivity contribution in [3.63, 3.8) is 0 Å². The average Bonchev–Trinajstić information content (AvgIpc) is 3.31. The smallest absolute Gasteiger partial charge is 0.379 e. The number of nitrogens with zero attached hydrogens (tertiary/aromatic N) is 1. The Morgan fingerprint density at radius 2 is 2.11 bits per heavy atom. The third-order valence-corrected chi connectivity index (χ3v) is 5.19. The second-order valence-electron chi connectivity index (χ2n) is 5.22. The molecule has 9 heteroatoms. The van der Waals surface area contributed by atoms with Crippen LogP contribution in [0, 0.1) is 0 Å². The SMILES string of the molecule is O=C(Cc1cccs1)N/N=C\c1cc(Br)cc(Br)c1OC(=O)c1ccco1. The van der Waals surface area contributed by atoms with Crippen molar-refractivity contribution < 1.29 is 18.7 Å². The molecule has 0 aliphatic rings. The van der Waals surface area contributed by atoms with E-state index >= 15 is 0 Å². The largest absolute Gasteiger partial charge is 0.457 e. The van der Waals surface area contributed by atoms with Crippen molar-refractivity contribution in [2.45, 2.75) is 6.42 Å². The van der Waals surface area contributed by atoms with Crippen molar-refractivity contribution in [2.24, 2.45) is 5.10 Å². The van der Waals surface area contributed by atoms with Crippen LogP contribution in [0.1, 0.15) is 21.0 Å². The molecule has 2 aromatic heterocycles. The second kappa shape index (κ2) is 9.12. The molecule has 6 nitrogen and oxygen atoms in total. The minimum absolute atomic E-state index is 0.0805. The lowest BCUT2D eigenvalue weighted by molar-refractivity contribution is -0.120. The molecular weight excluding hydrogens is 500 g/mol. The molecule has 0 spiro atoms. The van der Waals surface area contributed by atoms with Gasteiger partial charge in [-0.1, -0.05) is 22.0 Å². The molecule has 27 heavy (non-hydrogen) atoms. The molecule has 0 radical (unpaired) electrons. The number of furan rings is 1. The van der Waals surface area contributed by atoms with Crippen LogP contribution >= 0.6 is 43.2 Å². The molecular formula is C18H12Br2N2O4S. The van der Waals surface area contributed by atoms with Crippen LogP contribution in [0.4, 0.5) is 0 Å². The number of hydrazone groups is 1. The summed E-state index contributed by atoms with van der Waals surface area (Å²) in [6, 6.07) is 10.3. The zero-order valence-corrected chi connectivity index (χ0v) is 17.6. The summed E-state index contributed by atoms with van der Waals surface area (Å²) < 4.78 is 11.8. The van der Waals surface area contributed by atoms with Crippen molar-refractivity contribution in [3.05, 3.63) is 73.2 Å². The molecule has 0 aliphatic carbocycles. The second-order valence-corrected chi connectivity index (χ2v) is 8.02. The Balaban J connectivity index is 1.73. The normalized spacial score (nSPS) is 10.9. The number of carbonyl (C=O) groups excluding carboxylic acids is 2. The fourth-order valence-corrected chi connectivity index (χ4v) is 4.15. The van der Waals surface area contributed by atoms with Crippen molar-refractivity contribution in [2.75, 3.05) is 0 Å². The van der Waals surface area contributed by atoms with Crippen LogP contribution in [-0.2, 0) is 11.2 Å². The van der Waals surface area contributed by atoms with Crippen LogP contribution < -0.4 is 10.2 Å². The molecule has 0 saturated carbocycles. The number of rotatable bonds is 6. The van der Waals surface area contributed by atoms with Gasteiger partial charge in [0.2, 0.25) is 11.7 Å². The molecule has 0 fully saturated rings. The van der Waals surface area contributed by atoms with Gasteiger partial charge >= 0.3 is 5.97 Å². The number of amides is 1. The maximum absolute atomic E-state index is 12.2. The molecule has 1 aromatic carbocycles. The lowest BCUT2D eigenvalue weighted by Crippen LogP contribution is -2.19. The van der Waals surface area contributed by atoms with E-state index in [1.807, 2.05) is 17.5 Å². The summed E-state index contributed by atoms with van der Waals surface area (Å²) in [6.45, 7) is 0. The minimum Gasteiger partial charge on any atom is -0.457 e. The molecule has 0 bridgehead atoms. The van der Waals surface area contributed by atoms with E-state index in [-0.39, 0.29) is 23.8 Å². The van der Waals surface area contributed by atoms with Crippen LogP contribution in [0.2, 0.25) is 0 Å². The van der Waals surface area contributed by atoms with E-state index in [2.05, 4.69) is 42.4 Å². The van der Waals surface area contributed by atoms with Crippen LogP contribution in [0.5, 0.6) is 5.75 Å². The van der Waals surface area contributed by atoms with Crippen molar-refractivity contribution >= 4 is 61.3 Å². The molecule has 2 heterocycles. The number of hydrogen-bond donors (Lipinski definition) is 1. The summed E-state index contributed by atoms with van der Waals surface area (Å²) in [6.07, 6.45) is 3.04. The van der Waals surface area contributed by atoms with E-state index in [1.165, 1.54) is 29.9 Å². The van der Waals surface area contributed by atoms with Crippen LogP contribution in [-0.4, -0.2) is 18.1 Å². The molecule has 1 N–H and O–H groups in total. The summed E-state index contributed by atoms with van der Waals surface area (Å²) >= 11 is 8.24. The number of benzene rings is 1. The molecule has 0 saturated heterocycles. The summed E-state index contributed by atoms with van der Waals surface area (Å²) in [5.74, 6) is -0.538. The van der Waals surface area contributed by atoms with Crippen molar-refractivity contribution in [3.8, 4) is 5.75 Å². The standard InChI is InChI=1S/C18H12Br2N2O4S/c19-12-7-11(10-21-22-16(23)9-13-3-2-6-27-13)17(14(20)8-12)26-18(24)15-4-1-5-25-15/h1-8,10H,9H2,(H,22,23)/b21-10-. The minimum atomic E-state index is -0.639. The predicted molar refractivity (Wildman–Crippen MR) is 109 cm³/mol. The summed E-state index contributed by atoms with van der Waals surface area (Å²) in [7, 11) is 0. The van der Waals surface area contributed by atoms with Crippen LogP contribution in [0.3, 0.4) is 0 Å². The Bertz CT molecular complexity index is 970. The van der Waals surface area contributed by atoms with Gasteiger partial charge in [0.25, 0.3) is 0 Å². The topological polar surface area (TPSA) is 80.9 Å². The average molecular weight is 512 g/mol. The van der Waals surface area contributed by atoms with Gasteiger partial charge < -0.3 is 9.15 Å². The molecule has 3 rings (SSSR count). The first-order valence-electron chi connectivity index (χ1n) is 7.62. The molecule has 0 unspecified atom stereocenters. The first-order chi connectivity index (χ1) is 13.0. The molecule has 1 amide bonds. The van der Waals surface area contributed by atoms with Gasteiger partial charge in [0.1, 0.15) is 0 Å². The van der Waals surface area contributed by atoms with E-state index < -0.39 is 5.97 Å². The van der Waals surface area contributed by atoms with Crippen molar-refractivity contribution in [1.82, 2.24) is 5.43 Å². The van der Waals surface area contributed by atoms with Gasteiger partial charge in [0, 0.05) is 14.9 Å². The Kier molecular flexibility index (Phi) is 6.59. The molecule has 3 aromatic rings. The highest BCUT2D eigenvalue weighted by Gasteiger charge is 2.17. The number of ether oxygens (including phenoxy) is 1. The highest BCUT2D eigenvalue weighted by Crippen LogP contribution is 2.32. The zero-order chi connectivity index (χ0) is 19.2. The molecule has 0 aliphatic heterocycles. The van der Waals surface area contributed by atoms with E-state index in [1.54, 1.807) is 18.2 Å². The predicted octanol–water partition coefficient (Wildman–Crippen LogP) is 4.78. The Morgan fingerprint density at radius 1 is 1.26 bits per heavy atom. The highest BCUT2D eigenvalue weighted by molar-refractivity contribution is 9.11. The van der Waals surface area contributed by atoms with E-state index in [0.29, 0.717) is 10.0 Å². The quantitative estimate of drug-likeness (QED) is 0.223. The molecule has 138 valence electrons. The number of thiophene rings is 1. The summed E-state index contributed by atoms with van der Waals surface area (Å²) in [4.78, 5) is 25.0. The fourth-order valence-electron chi connectivity index (χ4n) is 2.11. The Labute approximate surface area is 175 Å². The first-order valence-corrected chi connectivity index (χ1v) is 10.1. The number of carbonyl (C=O) groups is 2. The Hall–Kier alpha value is -2.23. The number of esters is 1. The van der Waals surface area contributed by atoms with Crippen LogP contribution in [0.15, 0.2) is 66.5 Å². The van der Waals surface area contributed by atoms with Gasteiger partial charge in [-0.15, -0.1) is 11.3 Å². The van der Waals surface area contributed by atoms with Gasteiger partial charge in [-0.2, -0.15) is 5.10 Å². The first kappa shape index (κ1) is 19.5. The van der Waals surface area contributed by atoms with Gasteiger partial charge in [-0.3, -0.25) is 4.79 Å². The maximum Gasteiger partial charge on any atom is 0.379 e. The van der Waals surface area contributed by atoms with Gasteiger partial charge in [-0.05, 0) is 51.6 Å². The van der Waals surface area contributed by atoms with Crippen molar-refractivity contribution in [1.29, 1.82) is 0 Å². The Morgan fingerprint density at radius 3 is 2.81 bits per heavy atom. The maximum atomic E-state index is 12.2. The monoisotopic (exact) mass is 510 g/mol. The third kappa shape index (κ3) is 5.38. The van der Waals surface area contributed by atoms with Gasteiger partial charge in [0.15, 0.2) is 5.75 Å². The molecule has 0 atom stereocenters. The number of halogens is 2. The fraction of sp³-hybridized carbons (Fsp3) is 0.0556. The van der Waals surface area contributed by atoms with E-state index in [9.17, 15) is 9.59 Å². The van der Waals surface area contributed by atoms with Gasteiger partial charge in [-0.25, -0.2) is 10.2 Å². The van der Waals surface area contributed by atoms with E-state index in [4.69, 9.17) is 9.15 Å². The van der Waals surface area contributed by atoms with E-state index in [0.717, 1.165) is 9.35 Å². The highest BCUT2D eigenvalue weighted by atomic mass is 79.9. The summed E-state index contributed by atoms with van der Waals surface area (Å²) in [5.41, 5.74) is 2.96. The third-order valence-electron chi connectivity index (χ3n) is 3.26. The lowest BCUT2D eigenvalue weighted by Gasteiger charge is -2.09. The van der Waals surface area contributed by atoms with Gasteiger partial charge in [0.05, 0.1) is 23.4 Å².